The Kier molecular flexibility index (Phi) is 3.90. The van der Waals surface area contributed by atoms with E-state index in [0.29, 0.717) is 25.1 Å². The number of thioether (sulfide) groups is 1. The van der Waals surface area contributed by atoms with E-state index in [4.69, 9.17) is 4.74 Å². The number of nitrogens with one attached hydrogen (secondary N) is 1. The lowest BCUT2D eigenvalue weighted by Gasteiger charge is -2.29. The average Bonchev–Trinajstić information content (AvgIpc) is 2.80. The van der Waals surface area contributed by atoms with Crippen LogP contribution in [-0.2, 0) is 4.79 Å². The quantitative estimate of drug-likeness (QED) is 0.866. The number of carbonyl (C=O) groups is 2. The summed E-state index contributed by atoms with van der Waals surface area (Å²) < 4.78 is 5.61. The van der Waals surface area contributed by atoms with E-state index in [1.807, 2.05) is 36.4 Å². The van der Waals surface area contributed by atoms with Crippen molar-refractivity contribution in [3.63, 3.8) is 0 Å². The van der Waals surface area contributed by atoms with Crippen molar-refractivity contribution in [3.05, 3.63) is 48.0 Å². The van der Waals surface area contributed by atoms with Gasteiger partial charge in [0.05, 0.1) is 17.9 Å². The topological polar surface area (TPSA) is 58.6 Å². The van der Waals surface area contributed by atoms with Crippen LogP contribution in [0.5, 0.6) is 5.75 Å². The highest BCUT2D eigenvalue weighted by molar-refractivity contribution is 7.99. The maximum Gasteiger partial charge on any atom is 0.258 e. The van der Waals surface area contributed by atoms with Gasteiger partial charge in [0.25, 0.3) is 5.91 Å². The molecule has 0 fully saturated rings. The first-order chi connectivity index (χ1) is 11.7. The molecule has 2 aliphatic rings. The molecule has 0 spiro atoms. The van der Waals surface area contributed by atoms with Crippen LogP contribution in [0.2, 0.25) is 0 Å². The Labute approximate surface area is 144 Å². The molecule has 1 N–H and O–H groups in total. The van der Waals surface area contributed by atoms with Gasteiger partial charge >= 0.3 is 0 Å². The SMILES string of the molecule is O=C1CCSc2ccc(C(=O)N3CCOc4ccccc43)cc2N1. The lowest BCUT2D eigenvalue weighted by molar-refractivity contribution is -0.115. The lowest BCUT2D eigenvalue weighted by atomic mass is 10.1. The van der Waals surface area contributed by atoms with Gasteiger partial charge in [0.1, 0.15) is 12.4 Å². The van der Waals surface area contributed by atoms with Gasteiger partial charge in [-0.3, -0.25) is 9.59 Å². The Balaban J connectivity index is 1.67. The van der Waals surface area contributed by atoms with Gasteiger partial charge < -0.3 is 15.0 Å². The summed E-state index contributed by atoms with van der Waals surface area (Å²) in [4.78, 5) is 27.5. The van der Waals surface area contributed by atoms with E-state index in [-0.39, 0.29) is 11.8 Å². The van der Waals surface area contributed by atoms with E-state index in [2.05, 4.69) is 5.32 Å². The first-order valence-electron chi connectivity index (χ1n) is 7.83. The zero-order valence-corrected chi connectivity index (χ0v) is 13.8. The summed E-state index contributed by atoms with van der Waals surface area (Å²) in [5.74, 6) is 1.37. The Hall–Kier alpha value is -2.47. The van der Waals surface area contributed by atoms with Gasteiger partial charge in [-0.05, 0) is 30.3 Å². The number of ether oxygens (including phenoxy) is 1. The molecule has 0 radical (unpaired) electrons. The van der Waals surface area contributed by atoms with E-state index in [9.17, 15) is 9.59 Å². The van der Waals surface area contributed by atoms with Crippen molar-refractivity contribution >= 4 is 35.0 Å². The van der Waals surface area contributed by atoms with Crippen molar-refractivity contribution in [2.24, 2.45) is 0 Å². The van der Waals surface area contributed by atoms with Gasteiger partial charge in [-0.25, -0.2) is 0 Å². The number of benzene rings is 2. The summed E-state index contributed by atoms with van der Waals surface area (Å²) >= 11 is 1.63. The highest BCUT2D eigenvalue weighted by Crippen LogP contribution is 2.34. The minimum Gasteiger partial charge on any atom is -0.490 e. The number of nitrogens with zero attached hydrogens (tertiary/aromatic N) is 1. The van der Waals surface area contributed by atoms with Gasteiger partial charge in [-0.1, -0.05) is 12.1 Å². The Morgan fingerprint density at radius 2 is 2.08 bits per heavy atom. The van der Waals surface area contributed by atoms with Gasteiger partial charge in [0.2, 0.25) is 5.91 Å². The second-order valence-electron chi connectivity index (χ2n) is 5.63. The fraction of sp³-hybridized carbons (Fsp3) is 0.222. The molecule has 2 heterocycles. The number of hydrogen-bond acceptors (Lipinski definition) is 4. The second kappa shape index (κ2) is 6.20. The molecule has 2 amide bonds. The van der Waals surface area contributed by atoms with Crippen LogP contribution in [0.3, 0.4) is 0 Å². The first-order valence-corrected chi connectivity index (χ1v) is 8.81. The molecule has 4 rings (SSSR count). The van der Waals surface area contributed by atoms with Crippen molar-refractivity contribution in [2.45, 2.75) is 11.3 Å². The van der Waals surface area contributed by atoms with Crippen molar-refractivity contribution < 1.29 is 14.3 Å². The smallest absolute Gasteiger partial charge is 0.258 e. The number of fused-ring (bicyclic) bond motifs is 2. The van der Waals surface area contributed by atoms with E-state index < -0.39 is 0 Å². The largest absolute Gasteiger partial charge is 0.490 e. The molecule has 6 heteroatoms. The molecule has 0 saturated heterocycles. The molecule has 0 atom stereocenters. The number of hydrogen-bond donors (Lipinski definition) is 1. The average molecular weight is 340 g/mol. The standard InChI is InChI=1S/C18H16N2O3S/c21-17-7-10-24-16-6-5-12(11-13(16)19-17)18(22)20-8-9-23-15-4-2-1-3-14(15)20/h1-6,11H,7-10H2,(H,19,21). The summed E-state index contributed by atoms with van der Waals surface area (Å²) in [6, 6.07) is 13.0. The molecule has 0 saturated carbocycles. The molecule has 2 aromatic rings. The third kappa shape index (κ3) is 2.73. The van der Waals surface area contributed by atoms with Crippen LogP contribution < -0.4 is 15.0 Å². The van der Waals surface area contributed by atoms with Gasteiger partial charge in [-0.15, -0.1) is 11.8 Å². The summed E-state index contributed by atoms with van der Waals surface area (Å²) in [6.07, 6.45) is 0.486. The van der Waals surface area contributed by atoms with E-state index in [1.54, 1.807) is 22.7 Å². The Morgan fingerprint density at radius 1 is 1.21 bits per heavy atom. The summed E-state index contributed by atoms with van der Waals surface area (Å²) in [5.41, 5.74) is 2.06. The second-order valence-corrected chi connectivity index (χ2v) is 6.77. The maximum absolute atomic E-state index is 13.0. The van der Waals surface area contributed by atoms with Crippen molar-refractivity contribution in [3.8, 4) is 5.75 Å². The van der Waals surface area contributed by atoms with Gasteiger partial charge in [-0.2, -0.15) is 0 Å². The molecule has 5 nitrogen and oxygen atoms in total. The molecule has 122 valence electrons. The predicted octanol–water partition coefficient (Wildman–Crippen LogP) is 3.16. The van der Waals surface area contributed by atoms with E-state index in [1.165, 1.54) is 0 Å². The zero-order valence-electron chi connectivity index (χ0n) is 13.0. The molecule has 2 aromatic carbocycles. The summed E-state index contributed by atoms with van der Waals surface area (Å²) in [6.45, 7) is 0.980. The molecule has 0 aliphatic carbocycles. The Bertz CT molecular complexity index is 822. The zero-order chi connectivity index (χ0) is 16.5. The third-order valence-corrected chi connectivity index (χ3v) is 5.14. The molecule has 0 unspecified atom stereocenters. The minimum atomic E-state index is -0.0861. The maximum atomic E-state index is 13.0. The predicted molar refractivity (Wildman–Crippen MR) is 94.0 cm³/mol. The molecule has 24 heavy (non-hydrogen) atoms. The van der Waals surface area contributed by atoms with Crippen LogP contribution in [0, 0.1) is 0 Å². The molecule has 0 aromatic heterocycles. The Morgan fingerprint density at radius 3 is 3.00 bits per heavy atom. The molecular formula is C18H16N2O3S. The third-order valence-electron chi connectivity index (χ3n) is 4.06. The number of para-hydroxylation sites is 2. The van der Waals surface area contributed by atoms with Crippen molar-refractivity contribution in [1.82, 2.24) is 0 Å². The highest BCUT2D eigenvalue weighted by Gasteiger charge is 2.25. The molecule has 0 bridgehead atoms. The van der Waals surface area contributed by atoms with Crippen LogP contribution in [0.15, 0.2) is 47.4 Å². The van der Waals surface area contributed by atoms with E-state index in [0.717, 1.165) is 27.8 Å². The van der Waals surface area contributed by atoms with Crippen LogP contribution in [0.25, 0.3) is 0 Å². The van der Waals surface area contributed by atoms with Crippen molar-refractivity contribution in [2.75, 3.05) is 29.1 Å². The number of amides is 2. The summed E-state index contributed by atoms with van der Waals surface area (Å²) in [5, 5.41) is 2.88. The fourth-order valence-corrected chi connectivity index (χ4v) is 3.83. The highest BCUT2D eigenvalue weighted by atomic mass is 32.2. The fourth-order valence-electron chi connectivity index (χ4n) is 2.89. The van der Waals surface area contributed by atoms with Crippen LogP contribution in [0.4, 0.5) is 11.4 Å². The normalized spacial score (nSPS) is 16.3. The number of anilines is 2. The summed E-state index contributed by atoms with van der Waals surface area (Å²) in [7, 11) is 0. The lowest BCUT2D eigenvalue weighted by Crippen LogP contribution is -2.37. The number of carbonyl (C=O) groups excluding carboxylic acids is 2. The van der Waals surface area contributed by atoms with Gasteiger partial charge in [0, 0.05) is 22.6 Å². The number of rotatable bonds is 1. The minimum absolute atomic E-state index is 0.0115. The van der Waals surface area contributed by atoms with Crippen molar-refractivity contribution in [1.29, 1.82) is 0 Å². The van der Waals surface area contributed by atoms with E-state index >= 15 is 0 Å². The van der Waals surface area contributed by atoms with Crippen LogP contribution in [0.1, 0.15) is 16.8 Å². The monoisotopic (exact) mass is 340 g/mol. The van der Waals surface area contributed by atoms with Crippen LogP contribution in [-0.4, -0.2) is 30.7 Å². The van der Waals surface area contributed by atoms with Gasteiger partial charge in [0.15, 0.2) is 0 Å². The molecule has 2 aliphatic heterocycles. The first kappa shape index (κ1) is 15.1. The molecular weight excluding hydrogens is 324 g/mol. The van der Waals surface area contributed by atoms with Crippen LogP contribution >= 0.6 is 11.8 Å².